The van der Waals surface area contributed by atoms with E-state index >= 15 is 0 Å². The monoisotopic (exact) mass is 431 g/mol. The van der Waals surface area contributed by atoms with Gasteiger partial charge in [0.15, 0.2) is 5.16 Å². The maximum Gasteiger partial charge on any atom is 0.263 e. The number of hydrogen-bond acceptors (Lipinski definition) is 5. The van der Waals surface area contributed by atoms with E-state index in [0.29, 0.717) is 11.7 Å². The van der Waals surface area contributed by atoms with E-state index in [1.807, 2.05) is 0 Å². The minimum atomic E-state index is 0.0125. The molecular formula is C22H29N3O2S2. The molecule has 0 spiro atoms. The Kier molecular flexibility index (Phi) is 6.44. The zero-order chi connectivity index (χ0) is 20.4. The molecule has 2 aliphatic rings. The van der Waals surface area contributed by atoms with Gasteiger partial charge >= 0.3 is 0 Å². The summed E-state index contributed by atoms with van der Waals surface area (Å²) in [4.78, 5) is 32.7. The third-order valence-corrected chi connectivity index (χ3v) is 8.23. The lowest BCUT2D eigenvalue weighted by atomic mass is 9.87. The smallest absolute Gasteiger partial charge is 0.263 e. The van der Waals surface area contributed by atoms with Crippen molar-refractivity contribution in [2.45, 2.75) is 76.0 Å². The van der Waals surface area contributed by atoms with Gasteiger partial charge in [-0.15, -0.1) is 17.9 Å². The number of nitrogens with one attached hydrogen (secondary N) is 1. The second-order valence-electron chi connectivity index (χ2n) is 8.30. The lowest BCUT2D eigenvalue weighted by molar-refractivity contribution is -0.119. The first-order valence-corrected chi connectivity index (χ1v) is 12.4. The van der Waals surface area contributed by atoms with Crippen molar-refractivity contribution in [3.63, 3.8) is 0 Å². The molecule has 7 heteroatoms. The molecular weight excluding hydrogens is 402 g/mol. The second kappa shape index (κ2) is 9.04. The number of aromatic nitrogens is 2. The molecule has 2 aliphatic carbocycles. The Bertz CT molecular complexity index is 971. The fraction of sp³-hybridized carbons (Fsp3) is 0.591. The highest BCUT2D eigenvalue weighted by atomic mass is 32.2. The van der Waals surface area contributed by atoms with E-state index in [4.69, 9.17) is 4.98 Å². The summed E-state index contributed by atoms with van der Waals surface area (Å²) in [5.41, 5.74) is 1.21. The van der Waals surface area contributed by atoms with Crippen molar-refractivity contribution in [1.82, 2.24) is 14.9 Å². The van der Waals surface area contributed by atoms with Gasteiger partial charge in [-0.05, 0) is 62.8 Å². The van der Waals surface area contributed by atoms with Crippen molar-refractivity contribution in [2.24, 2.45) is 5.92 Å². The number of thioether (sulfide) groups is 1. The fourth-order valence-electron chi connectivity index (χ4n) is 4.42. The van der Waals surface area contributed by atoms with Crippen LogP contribution in [-0.2, 0) is 24.2 Å². The van der Waals surface area contributed by atoms with Crippen LogP contribution in [0, 0.1) is 5.92 Å². The third-order valence-electron chi connectivity index (χ3n) is 6.06. The summed E-state index contributed by atoms with van der Waals surface area (Å²) in [5, 5.41) is 4.57. The van der Waals surface area contributed by atoms with E-state index < -0.39 is 0 Å². The number of hydrogen-bond donors (Lipinski definition) is 1. The van der Waals surface area contributed by atoms with Gasteiger partial charge in [0.05, 0.1) is 11.1 Å². The zero-order valence-corrected chi connectivity index (χ0v) is 18.7. The van der Waals surface area contributed by atoms with Gasteiger partial charge in [-0.2, -0.15) is 0 Å². The van der Waals surface area contributed by atoms with Crippen LogP contribution in [0.1, 0.15) is 55.9 Å². The number of carbonyl (C=O) groups excluding carboxylic acids is 1. The molecule has 1 saturated carbocycles. The van der Waals surface area contributed by atoms with E-state index in [-0.39, 0.29) is 23.3 Å². The highest BCUT2D eigenvalue weighted by Gasteiger charge is 2.23. The second-order valence-corrected chi connectivity index (χ2v) is 10.3. The molecule has 5 nitrogen and oxygen atoms in total. The van der Waals surface area contributed by atoms with E-state index in [1.54, 1.807) is 22.0 Å². The van der Waals surface area contributed by atoms with Crippen LogP contribution in [0.15, 0.2) is 22.6 Å². The van der Waals surface area contributed by atoms with Crippen LogP contribution in [-0.4, -0.2) is 27.3 Å². The van der Waals surface area contributed by atoms with Gasteiger partial charge in [0.2, 0.25) is 5.91 Å². The van der Waals surface area contributed by atoms with Crippen LogP contribution in [0.4, 0.5) is 0 Å². The molecule has 0 saturated heterocycles. The van der Waals surface area contributed by atoms with Gasteiger partial charge in [0, 0.05) is 17.5 Å². The van der Waals surface area contributed by atoms with Gasteiger partial charge < -0.3 is 5.32 Å². The summed E-state index contributed by atoms with van der Waals surface area (Å²) < 4.78 is 1.68. The van der Waals surface area contributed by atoms with Gasteiger partial charge in [-0.3, -0.25) is 14.2 Å². The molecule has 2 heterocycles. The zero-order valence-electron chi connectivity index (χ0n) is 17.0. The van der Waals surface area contributed by atoms with Gasteiger partial charge in [0.25, 0.3) is 5.56 Å². The van der Waals surface area contributed by atoms with Gasteiger partial charge in [-0.1, -0.05) is 24.8 Å². The average molecular weight is 432 g/mol. The average Bonchev–Trinajstić information content (AvgIpc) is 3.09. The molecule has 0 atom stereocenters. The lowest BCUT2D eigenvalue weighted by Crippen LogP contribution is -2.38. The maximum absolute atomic E-state index is 13.2. The molecule has 1 amide bonds. The van der Waals surface area contributed by atoms with E-state index in [1.165, 1.54) is 41.5 Å². The first-order chi connectivity index (χ1) is 14.1. The summed E-state index contributed by atoms with van der Waals surface area (Å²) in [6, 6.07) is 0.286. The van der Waals surface area contributed by atoms with Crippen LogP contribution < -0.4 is 10.9 Å². The summed E-state index contributed by atoms with van der Waals surface area (Å²) in [7, 11) is 0. The van der Waals surface area contributed by atoms with Crippen molar-refractivity contribution in [3.05, 3.63) is 33.4 Å². The summed E-state index contributed by atoms with van der Waals surface area (Å²) in [6.07, 6.45) is 10.5. The maximum atomic E-state index is 13.2. The molecule has 4 rings (SSSR count). The topological polar surface area (TPSA) is 64.0 Å². The Morgan fingerprint density at radius 2 is 2.07 bits per heavy atom. The quantitative estimate of drug-likeness (QED) is 0.421. The SMILES string of the molecule is C=CCn1c(SCC(=O)NC2CCC(C)CC2)nc2sc3c(c2c1=O)CCCC3. The number of amides is 1. The Balaban J connectivity index is 1.53. The van der Waals surface area contributed by atoms with Crippen molar-refractivity contribution in [2.75, 3.05) is 5.75 Å². The standard InChI is InChI=1S/C22H29N3O2S2/c1-3-12-25-21(27)19-16-6-4-5-7-17(16)29-20(19)24-22(25)28-13-18(26)23-15-10-8-14(2)9-11-15/h3,14-15H,1,4-13H2,2H3,(H,23,26). The van der Waals surface area contributed by atoms with Gasteiger partial charge in [-0.25, -0.2) is 4.98 Å². The molecule has 156 valence electrons. The molecule has 1 fully saturated rings. The summed E-state index contributed by atoms with van der Waals surface area (Å²) in [6.45, 7) is 6.49. The Labute approximate surface area is 180 Å². The Morgan fingerprint density at radius 1 is 1.31 bits per heavy atom. The van der Waals surface area contributed by atoms with Crippen LogP contribution in [0.2, 0.25) is 0 Å². The van der Waals surface area contributed by atoms with Crippen LogP contribution in [0.3, 0.4) is 0 Å². The third kappa shape index (κ3) is 4.45. The molecule has 0 radical (unpaired) electrons. The molecule has 1 N–H and O–H groups in total. The molecule has 2 aromatic heterocycles. The van der Waals surface area contributed by atoms with E-state index in [9.17, 15) is 9.59 Å². The number of thiophene rings is 1. The Hall–Kier alpha value is -1.60. The summed E-state index contributed by atoms with van der Waals surface area (Å²) >= 11 is 3.01. The van der Waals surface area contributed by atoms with Crippen molar-refractivity contribution >= 4 is 39.2 Å². The summed E-state index contributed by atoms with van der Waals surface area (Å²) in [5.74, 6) is 1.07. The molecule has 0 unspecified atom stereocenters. The number of allylic oxidation sites excluding steroid dienone is 1. The van der Waals surface area contributed by atoms with Crippen molar-refractivity contribution in [3.8, 4) is 0 Å². The van der Waals surface area contributed by atoms with E-state index in [2.05, 4.69) is 18.8 Å². The van der Waals surface area contributed by atoms with Crippen molar-refractivity contribution in [1.29, 1.82) is 0 Å². The number of nitrogens with zero attached hydrogens (tertiary/aromatic N) is 2. The fourth-order valence-corrected chi connectivity index (χ4v) is 6.55. The number of aryl methyl sites for hydroxylation is 2. The highest BCUT2D eigenvalue weighted by Crippen LogP contribution is 2.34. The van der Waals surface area contributed by atoms with Crippen molar-refractivity contribution < 1.29 is 4.79 Å². The lowest BCUT2D eigenvalue weighted by Gasteiger charge is -2.26. The molecule has 2 aromatic rings. The predicted molar refractivity (Wildman–Crippen MR) is 121 cm³/mol. The highest BCUT2D eigenvalue weighted by molar-refractivity contribution is 7.99. The normalized spacial score (nSPS) is 21.7. The van der Waals surface area contributed by atoms with Crippen LogP contribution >= 0.6 is 23.1 Å². The largest absolute Gasteiger partial charge is 0.353 e. The van der Waals surface area contributed by atoms with Crippen LogP contribution in [0.25, 0.3) is 10.2 Å². The van der Waals surface area contributed by atoms with Gasteiger partial charge in [0.1, 0.15) is 4.83 Å². The predicted octanol–water partition coefficient (Wildman–Crippen LogP) is 4.31. The minimum Gasteiger partial charge on any atom is -0.353 e. The molecule has 0 bridgehead atoms. The number of carbonyl (C=O) groups is 1. The van der Waals surface area contributed by atoms with E-state index in [0.717, 1.165) is 48.2 Å². The molecule has 0 aromatic carbocycles. The minimum absolute atomic E-state index is 0.0125. The first-order valence-electron chi connectivity index (χ1n) is 10.6. The first kappa shape index (κ1) is 20.7. The molecule has 0 aliphatic heterocycles. The Morgan fingerprint density at radius 3 is 2.83 bits per heavy atom. The van der Waals surface area contributed by atoms with Crippen LogP contribution in [0.5, 0.6) is 0 Å². The molecule has 29 heavy (non-hydrogen) atoms. The number of rotatable bonds is 6. The number of fused-ring (bicyclic) bond motifs is 3.